The van der Waals surface area contributed by atoms with Crippen molar-refractivity contribution in [3.05, 3.63) is 89.2 Å². The van der Waals surface area contributed by atoms with Crippen LogP contribution >= 0.6 is 11.6 Å². The molecule has 30 heavy (non-hydrogen) atoms. The Bertz CT molecular complexity index is 1190. The number of nitrogens with zero attached hydrogens (tertiary/aromatic N) is 2. The number of anilines is 1. The van der Waals surface area contributed by atoms with Gasteiger partial charge in [0.15, 0.2) is 0 Å². The van der Waals surface area contributed by atoms with Crippen LogP contribution in [0.1, 0.15) is 24.0 Å². The van der Waals surface area contributed by atoms with Crippen LogP contribution in [-0.2, 0) is 4.79 Å². The van der Waals surface area contributed by atoms with E-state index >= 15 is 0 Å². The number of pyridine rings is 1. The first-order chi connectivity index (χ1) is 14.5. The van der Waals surface area contributed by atoms with Gasteiger partial charge in [0.05, 0.1) is 11.5 Å². The lowest BCUT2D eigenvalue weighted by molar-refractivity contribution is -0.117. The molecular weight excluding hydrogens is 398 g/mol. The lowest BCUT2D eigenvalue weighted by Crippen LogP contribution is -2.19. The number of halogens is 1. The molecular formula is C24H20ClN3O2. The topological polar surface area (TPSA) is 68.0 Å². The molecule has 1 amide bonds. The molecule has 2 heterocycles. The van der Waals surface area contributed by atoms with Crippen molar-refractivity contribution < 1.29 is 9.32 Å². The highest BCUT2D eigenvalue weighted by Crippen LogP contribution is 2.38. The zero-order valence-corrected chi connectivity index (χ0v) is 17.4. The zero-order valence-electron chi connectivity index (χ0n) is 16.6. The van der Waals surface area contributed by atoms with E-state index in [1.807, 2.05) is 62.4 Å². The fourth-order valence-electron chi connectivity index (χ4n) is 3.30. The van der Waals surface area contributed by atoms with Crippen LogP contribution in [0.3, 0.4) is 0 Å². The molecule has 1 N–H and O–H groups in total. The summed E-state index contributed by atoms with van der Waals surface area (Å²) in [6.07, 6.45) is 3.39. The molecule has 4 rings (SSSR count). The Morgan fingerprint density at radius 1 is 1.03 bits per heavy atom. The van der Waals surface area contributed by atoms with E-state index in [9.17, 15) is 4.79 Å². The monoisotopic (exact) mass is 417 g/mol. The molecule has 0 saturated carbocycles. The van der Waals surface area contributed by atoms with Gasteiger partial charge in [0, 0.05) is 23.0 Å². The van der Waals surface area contributed by atoms with E-state index in [2.05, 4.69) is 15.5 Å². The molecule has 0 radical (unpaired) electrons. The summed E-state index contributed by atoms with van der Waals surface area (Å²) in [6.45, 7) is 3.84. The molecule has 5 nitrogen and oxygen atoms in total. The Balaban J connectivity index is 1.72. The third kappa shape index (κ3) is 4.11. The Kier molecular flexibility index (Phi) is 5.63. The minimum absolute atomic E-state index is 0.209. The first kappa shape index (κ1) is 19.9. The van der Waals surface area contributed by atoms with Crippen molar-refractivity contribution in [1.82, 2.24) is 10.1 Å². The molecule has 6 heteroatoms. The number of aryl methyl sites for hydroxylation is 1. The van der Waals surface area contributed by atoms with Gasteiger partial charge in [0.25, 0.3) is 0 Å². The third-order valence-electron chi connectivity index (χ3n) is 4.93. The predicted molar refractivity (Wildman–Crippen MR) is 118 cm³/mol. The van der Waals surface area contributed by atoms with Crippen LogP contribution < -0.4 is 5.32 Å². The van der Waals surface area contributed by atoms with Crippen molar-refractivity contribution in [1.29, 1.82) is 0 Å². The van der Waals surface area contributed by atoms with Gasteiger partial charge in [-0.1, -0.05) is 52.7 Å². The van der Waals surface area contributed by atoms with Gasteiger partial charge in [-0.2, -0.15) is 0 Å². The lowest BCUT2D eigenvalue weighted by atomic mass is 9.99. The van der Waals surface area contributed by atoms with Crippen LogP contribution in [0.2, 0.25) is 5.02 Å². The lowest BCUT2D eigenvalue weighted by Gasteiger charge is -2.12. The number of nitrogens with one attached hydrogen (secondary N) is 1. The third-order valence-corrected chi connectivity index (χ3v) is 5.17. The number of hydrogen-bond acceptors (Lipinski definition) is 4. The number of amides is 1. The second-order valence-electron chi connectivity index (χ2n) is 7.11. The van der Waals surface area contributed by atoms with Crippen molar-refractivity contribution in [3.63, 3.8) is 0 Å². The van der Waals surface area contributed by atoms with E-state index in [-0.39, 0.29) is 5.91 Å². The fraction of sp³-hybridized carbons (Fsp3) is 0.125. The SMILES string of the molecule is Cc1cccc(-c2noc(NC(=O)C(C)c3cccc(Cl)c3)c2-c2ccncc2)c1. The predicted octanol–water partition coefficient (Wildman–Crippen LogP) is 6.11. The van der Waals surface area contributed by atoms with Crippen molar-refractivity contribution in [2.75, 3.05) is 5.32 Å². The number of aromatic nitrogens is 2. The Morgan fingerprint density at radius 2 is 1.80 bits per heavy atom. The molecule has 0 aliphatic heterocycles. The second-order valence-corrected chi connectivity index (χ2v) is 7.54. The van der Waals surface area contributed by atoms with E-state index < -0.39 is 5.92 Å². The number of rotatable bonds is 5. The van der Waals surface area contributed by atoms with E-state index in [1.54, 1.807) is 24.5 Å². The van der Waals surface area contributed by atoms with Crippen molar-refractivity contribution in [3.8, 4) is 22.4 Å². The van der Waals surface area contributed by atoms with E-state index in [4.69, 9.17) is 16.1 Å². The van der Waals surface area contributed by atoms with E-state index in [0.29, 0.717) is 16.6 Å². The van der Waals surface area contributed by atoms with Crippen molar-refractivity contribution in [2.24, 2.45) is 0 Å². The largest absolute Gasteiger partial charge is 0.337 e. The van der Waals surface area contributed by atoms with Gasteiger partial charge in [-0.05, 0) is 55.3 Å². The van der Waals surface area contributed by atoms with E-state index in [0.717, 1.165) is 27.8 Å². The summed E-state index contributed by atoms with van der Waals surface area (Å²) >= 11 is 6.08. The Labute approximate surface area is 179 Å². The highest BCUT2D eigenvalue weighted by Gasteiger charge is 2.24. The molecule has 4 aromatic rings. The zero-order chi connectivity index (χ0) is 21.1. The maximum Gasteiger partial charge on any atom is 0.239 e. The van der Waals surface area contributed by atoms with Gasteiger partial charge in [-0.3, -0.25) is 15.1 Å². The van der Waals surface area contributed by atoms with Crippen molar-refractivity contribution >= 4 is 23.4 Å². The Hall–Kier alpha value is -3.44. The maximum atomic E-state index is 13.0. The number of carbonyl (C=O) groups is 1. The number of benzene rings is 2. The summed E-state index contributed by atoms with van der Waals surface area (Å²) in [4.78, 5) is 17.0. The molecule has 150 valence electrons. The average Bonchev–Trinajstić information content (AvgIpc) is 3.17. The highest BCUT2D eigenvalue weighted by atomic mass is 35.5. The van der Waals surface area contributed by atoms with Crippen LogP contribution in [0.15, 0.2) is 77.6 Å². The minimum Gasteiger partial charge on any atom is -0.337 e. The van der Waals surface area contributed by atoms with Gasteiger partial charge >= 0.3 is 0 Å². The first-order valence-corrected chi connectivity index (χ1v) is 9.94. The van der Waals surface area contributed by atoms with Gasteiger partial charge in [-0.15, -0.1) is 0 Å². The maximum absolute atomic E-state index is 13.0. The van der Waals surface area contributed by atoms with Crippen LogP contribution in [0.5, 0.6) is 0 Å². The summed E-state index contributed by atoms with van der Waals surface area (Å²) in [5.41, 5.74) is 5.08. The molecule has 0 bridgehead atoms. The highest BCUT2D eigenvalue weighted by molar-refractivity contribution is 6.30. The molecule has 2 aromatic heterocycles. The van der Waals surface area contributed by atoms with Crippen LogP contribution in [-0.4, -0.2) is 16.0 Å². The standard InChI is InChI=1S/C24H20ClN3O2/c1-15-5-3-7-19(13-15)22-21(17-9-11-26-12-10-17)24(30-28-22)27-23(29)16(2)18-6-4-8-20(25)14-18/h3-14,16H,1-2H3,(H,27,29). The van der Waals surface area contributed by atoms with Crippen LogP contribution in [0.25, 0.3) is 22.4 Å². The van der Waals surface area contributed by atoms with Crippen molar-refractivity contribution in [2.45, 2.75) is 19.8 Å². The van der Waals surface area contributed by atoms with Crippen LogP contribution in [0, 0.1) is 6.92 Å². The summed E-state index contributed by atoms with van der Waals surface area (Å²) in [5, 5.41) is 7.76. The smallest absolute Gasteiger partial charge is 0.239 e. The first-order valence-electron chi connectivity index (χ1n) is 9.56. The summed E-state index contributed by atoms with van der Waals surface area (Å²) in [5.74, 6) is -0.322. The molecule has 0 spiro atoms. The quantitative estimate of drug-likeness (QED) is 0.425. The molecule has 0 saturated heterocycles. The molecule has 0 fully saturated rings. The molecule has 1 unspecified atom stereocenters. The summed E-state index contributed by atoms with van der Waals surface area (Å²) in [6, 6.07) is 19.0. The van der Waals surface area contributed by atoms with Crippen LogP contribution in [0.4, 0.5) is 5.88 Å². The van der Waals surface area contributed by atoms with Gasteiger partial charge in [0.2, 0.25) is 11.8 Å². The minimum atomic E-state index is -0.415. The summed E-state index contributed by atoms with van der Waals surface area (Å²) in [7, 11) is 0. The molecule has 2 aromatic carbocycles. The van der Waals surface area contributed by atoms with Gasteiger partial charge < -0.3 is 4.52 Å². The Morgan fingerprint density at radius 3 is 2.53 bits per heavy atom. The molecule has 1 atom stereocenters. The number of carbonyl (C=O) groups excluding carboxylic acids is 1. The van der Waals surface area contributed by atoms with E-state index in [1.165, 1.54) is 0 Å². The summed E-state index contributed by atoms with van der Waals surface area (Å²) < 4.78 is 5.60. The average molecular weight is 418 g/mol. The fourth-order valence-corrected chi connectivity index (χ4v) is 3.50. The van der Waals surface area contributed by atoms with Gasteiger partial charge in [0.1, 0.15) is 5.69 Å². The molecule has 0 aliphatic rings. The number of hydrogen-bond donors (Lipinski definition) is 1. The second kappa shape index (κ2) is 8.51. The van der Waals surface area contributed by atoms with Gasteiger partial charge in [-0.25, -0.2) is 0 Å². The molecule has 0 aliphatic carbocycles. The normalized spacial score (nSPS) is 11.8.